The van der Waals surface area contributed by atoms with Crippen LogP contribution >= 0.6 is 0 Å². The standard InChI is InChI=1S/C18H28N6O/c1-4-5-6-24-18-16(14(23-24)7-12(2)3)17(21-11-22-18)20-10-13-8-15(25)19-9-13/h11-13H,4-10H2,1-3H3,(H,19,25)(H,20,21,22). The molecule has 136 valence electrons. The lowest BCUT2D eigenvalue weighted by Crippen LogP contribution is -2.18. The van der Waals surface area contributed by atoms with Gasteiger partial charge in [0.05, 0.1) is 11.1 Å². The molecule has 7 heteroatoms. The summed E-state index contributed by atoms with van der Waals surface area (Å²) in [4.78, 5) is 20.3. The number of amides is 1. The van der Waals surface area contributed by atoms with Gasteiger partial charge in [0.2, 0.25) is 5.91 Å². The van der Waals surface area contributed by atoms with Gasteiger partial charge in [-0.25, -0.2) is 14.6 Å². The van der Waals surface area contributed by atoms with Crippen molar-refractivity contribution >= 4 is 22.8 Å². The summed E-state index contributed by atoms with van der Waals surface area (Å²) < 4.78 is 2.02. The lowest BCUT2D eigenvalue weighted by Gasteiger charge is -2.11. The lowest BCUT2D eigenvalue weighted by atomic mass is 10.1. The van der Waals surface area contributed by atoms with Crippen molar-refractivity contribution in [2.24, 2.45) is 11.8 Å². The van der Waals surface area contributed by atoms with Gasteiger partial charge < -0.3 is 10.6 Å². The molecule has 3 rings (SSSR count). The highest BCUT2D eigenvalue weighted by Gasteiger charge is 2.22. The minimum absolute atomic E-state index is 0.132. The quantitative estimate of drug-likeness (QED) is 0.768. The zero-order valence-electron chi connectivity index (χ0n) is 15.4. The summed E-state index contributed by atoms with van der Waals surface area (Å²) in [6, 6.07) is 0. The van der Waals surface area contributed by atoms with Crippen LogP contribution in [0.15, 0.2) is 6.33 Å². The number of aryl methyl sites for hydroxylation is 1. The van der Waals surface area contributed by atoms with Crippen LogP contribution in [0.5, 0.6) is 0 Å². The average molecular weight is 344 g/mol. The van der Waals surface area contributed by atoms with Crippen LogP contribution in [0, 0.1) is 11.8 Å². The van der Waals surface area contributed by atoms with Crippen molar-refractivity contribution in [2.45, 2.75) is 53.0 Å². The van der Waals surface area contributed by atoms with Gasteiger partial charge in [-0.2, -0.15) is 5.10 Å². The van der Waals surface area contributed by atoms with E-state index in [4.69, 9.17) is 5.10 Å². The molecule has 1 amide bonds. The average Bonchev–Trinajstić information content (AvgIpc) is 3.15. The van der Waals surface area contributed by atoms with E-state index >= 15 is 0 Å². The topological polar surface area (TPSA) is 84.7 Å². The van der Waals surface area contributed by atoms with Crippen molar-refractivity contribution in [2.75, 3.05) is 18.4 Å². The molecule has 7 nitrogen and oxygen atoms in total. The maximum Gasteiger partial charge on any atom is 0.220 e. The van der Waals surface area contributed by atoms with Gasteiger partial charge in [0, 0.05) is 32.0 Å². The maximum atomic E-state index is 11.4. The van der Waals surface area contributed by atoms with Crippen molar-refractivity contribution in [1.29, 1.82) is 0 Å². The Morgan fingerprint density at radius 3 is 2.92 bits per heavy atom. The van der Waals surface area contributed by atoms with Gasteiger partial charge in [-0.3, -0.25) is 4.79 Å². The summed E-state index contributed by atoms with van der Waals surface area (Å²) in [5.41, 5.74) is 1.96. The Morgan fingerprint density at radius 1 is 1.40 bits per heavy atom. The van der Waals surface area contributed by atoms with Crippen molar-refractivity contribution in [1.82, 2.24) is 25.1 Å². The summed E-state index contributed by atoms with van der Waals surface area (Å²) in [5, 5.41) is 12.2. The molecular formula is C18H28N6O. The normalized spacial score (nSPS) is 17.4. The second kappa shape index (κ2) is 7.80. The molecule has 0 radical (unpaired) electrons. The molecule has 1 aliphatic heterocycles. The van der Waals surface area contributed by atoms with Gasteiger partial charge in [0.15, 0.2) is 5.65 Å². The molecular weight excluding hydrogens is 316 g/mol. The highest BCUT2D eigenvalue weighted by atomic mass is 16.1. The van der Waals surface area contributed by atoms with Crippen LogP contribution in [0.4, 0.5) is 5.82 Å². The summed E-state index contributed by atoms with van der Waals surface area (Å²) in [5.74, 6) is 1.79. The number of carbonyl (C=O) groups is 1. The van der Waals surface area contributed by atoms with Gasteiger partial charge >= 0.3 is 0 Å². The van der Waals surface area contributed by atoms with E-state index in [-0.39, 0.29) is 5.91 Å². The number of hydrogen-bond donors (Lipinski definition) is 2. The van der Waals surface area contributed by atoms with E-state index in [2.05, 4.69) is 41.4 Å². The summed E-state index contributed by atoms with van der Waals surface area (Å²) in [6.07, 6.45) is 5.29. The first kappa shape index (κ1) is 17.6. The Kier molecular flexibility index (Phi) is 5.50. The highest BCUT2D eigenvalue weighted by molar-refractivity contribution is 5.89. The van der Waals surface area contributed by atoms with Gasteiger partial charge in [0.25, 0.3) is 0 Å². The van der Waals surface area contributed by atoms with Crippen LogP contribution in [0.2, 0.25) is 0 Å². The molecule has 25 heavy (non-hydrogen) atoms. The molecule has 3 heterocycles. The third kappa shape index (κ3) is 4.08. The number of rotatable bonds is 8. The number of unbranched alkanes of at least 4 members (excludes halogenated alkanes) is 1. The molecule has 1 fully saturated rings. The van der Waals surface area contributed by atoms with Gasteiger partial charge in [-0.1, -0.05) is 27.2 Å². The molecule has 0 saturated carbocycles. The van der Waals surface area contributed by atoms with Crippen molar-refractivity contribution in [3.05, 3.63) is 12.0 Å². The van der Waals surface area contributed by atoms with Crippen molar-refractivity contribution in [3.63, 3.8) is 0 Å². The summed E-state index contributed by atoms with van der Waals surface area (Å²) in [6.45, 7) is 8.91. The zero-order valence-corrected chi connectivity index (χ0v) is 15.4. The fraction of sp³-hybridized carbons (Fsp3) is 0.667. The number of carbonyl (C=O) groups excluding carboxylic acids is 1. The van der Waals surface area contributed by atoms with Gasteiger partial charge in [0.1, 0.15) is 12.1 Å². The van der Waals surface area contributed by atoms with Crippen LogP contribution in [0.25, 0.3) is 11.0 Å². The molecule has 1 saturated heterocycles. The minimum atomic E-state index is 0.132. The molecule has 1 aliphatic rings. The first-order valence-electron chi connectivity index (χ1n) is 9.29. The van der Waals surface area contributed by atoms with Crippen LogP contribution < -0.4 is 10.6 Å². The molecule has 0 aromatic carbocycles. The number of fused-ring (bicyclic) bond motifs is 1. The molecule has 0 aliphatic carbocycles. The van der Waals surface area contributed by atoms with Crippen LogP contribution in [0.1, 0.15) is 45.7 Å². The van der Waals surface area contributed by atoms with E-state index in [9.17, 15) is 4.79 Å². The van der Waals surface area contributed by atoms with Crippen LogP contribution in [-0.2, 0) is 17.8 Å². The monoisotopic (exact) mass is 344 g/mol. The number of nitrogens with one attached hydrogen (secondary N) is 2. The first-order valence-corrected chi connectivity index (χ1v) is 9.29. The molecule has 0 bridgehead atoms. The Labute approximate surface area is 148 Å². The van der Waals surface area contributed by atoms with E-state index in [1.54, 1.807) is 6.33 Å². The molecule has 2 aromatic rings. The van der Waals surface area contributed by atoms with E-state index < -0.39 is 0 Å². The minimum Gasteiger partial charge on any atom is -0.369 e. The van der Waals surface area contributed by atoms with E-state index in [1.807, 2.05) is 4.68 Å². The Bertz CT molecular complexity index is 738. The third-order valence-corrected chi connectivity index (χ3v) is 4.55. The third-order valence-electron chi connectivity index (χ3n) is 4.55. The maximum absolute atomic E-state index is 11.4. The lowest BCUT2D eigenvalue weighted by molar-refractivity contribution is -0.119. The number of hydrogen-bond acceptors (Lipinski definition) is 5. The molecule has 2 N–H and O–H groups in total. The number of nitrogens with zero attached hydrogens (tertiary/aromatic N) is 4. The van der Waals surface area contributed by atoms with Gasteiger partial charge in [-0.15, -0.1) is 0 Å². The first-order chi connectivity index (χ1) is 12.1. The van der Waals surface area contributed by atoms with Crippen molar-refractivity contribution < 1.29 is 4.79 Å². The summed E-state index contributed by atoms with van der Waals surface area (Å²) >= 11 is 0. The number of anilines is 1. The Balaban J connectivity index is 1.88. The SMILES string of the molecule is CCCCn1nc(CC(C)C)c2c(NCC3CNC(=O)C3)ncnc21. The predicted molar refractivity (Wildman–Crippen MR) is 98.4 cm³/mol. The highest BCUT2D eigenvalue weighted by Crippen LogP contribution is 2.26. The fourth-order valence-electron chi connectivity index (χ4n) is 3.26. The molecule has 0 spiro atoms. The molecule has 1 atom stereocenters. The van der Waals surface area contributed by atoms with E-state index in [0.29, 0.717) is 18.3 Å². The predicted octanol–water partition coefficient (Wildman–Crippen LogP) is 2.37. The van der Waals surface area contributed by atoms with Crippen molar-refractivity contribution in [3.8, 4) is 0 Å². The Morgan fingerprint density at radius 2 is 2.24 bits per heavy atom. The van der Waals surface area contributed by atoms with E-state index in [0.717, 1.165) is 61.4 Å². The fourth-order valence-corrected chi connectivity index (χ4v) is 3.26. The smallest absolute Gasteiger partial charge is 0.220 e. The Hall–Kier alpha value is -2.18. The molecule has 1 unspecified atom stereocenters. The van der Waals surface area contributed by atoms with Crippen LogP contribution in [0.3, 0.4) is 0 Å². The number of aromatic nitrogens is 4. The van der Waals surface area contributed by atoms with Crippen LogP contribution in [-0.4, -0.2) is 38.7 Å². The zero-order chi connectivity index (χ0) is 17.8. The van der Waals surface area contributed by atoms with Gasteiger partial charge in [-0.05, 0) is 18.8 Å². The molecule has 2 aromatic heterocycles. The summed E-state index contributed by atoms with van der Waals surface area (Å²) in [7, 11) is 0. The largest absolute Gasteiger partial charge is 0.369 e. The van der Waals surface area contributed by atoms with E-state index in [1.165, 1.54) is 0 Å². The second-order valence-corrected chi connectivity index (χ2v) is 7.30. The second-order valence-electron chi connectivity index (χ2n) is 7.30.